The number of carbonyl (C=O) groups is 3. The number of ketones is 1. The fourth-order valence-corrected chi connectivity index (χ4v) is 7.03. The van der Waals surface area contributed by atoms with Crippen LogP contribution in [0, 0.1) is 23.1 Å². The summed E-state index contributed by atoms with van der Waals surface area (Å²) >= 11 is 0. The summed E-state index contributed by atoms with van der Waals surface area (Å²) in [5, 5.41) is 6.53. The summed E-state index contributed by atoms with van der Waals surface area (Å²) in [7, 11) is 2.01. The number of rotatable bonds is 8. The van der Waals surface area contributed by atoms with E-state index in [1.165, 1.54) is 31.4 Å². The maximum atomic E-state index is 13.9. The van der Waals surface area contributed by atoms with Crippen LogP contribution in [0.1, 0.15) is 71.3 Å². The van der Waals surface area contributed by atoms with Crippen molar-refractivity contribution < 1.29 is 18.8 Å². The summed E-state index contributed by atoms with van der Waals surface area (Å²) in [6.45, 7) is 8.47. The van der Waals surface area contributed by atoms with E-state index < -0.39 is 12.1 Å². The summed E-state index contributed by atoms with van der Waals surface area (Å²) in [5.74, 6) is 0.379. The molecule has 1 aromatic rings. The molecule has 0 radical (unpaired) electrons. The molecule has 3 aliphatic rings. The van der Waals surface area contributed by atoms with Gasteiger partial charge in [-0.05, 0) is 69.2 Å². The Morgan fingerprint density at radius 1 is 1.05 bits per heavy atom. The molecule has 2 amide bonds. The largest absolute Gasteiger partial charge is 0.343 e. The van der Waals surface area contributed by atoms with Gasteiger partial charge in [0.05, 0.1) is 6.04 Å². The molecular weight excluding hydrogens is 495 g/mol. The number of likely N-dealkylation sites (tertiary alicyclic amines) is 1. The predicted octanol–water partition coefficient (Wildman–Crippen LogP) is 3.56. The highest BCUT2D eigenvalue weighted by Gasteiger charge is 2.46. The van der Waals surface area contributed by atoms with E-state index in [1.807, 2.05) is 11.9 Å². The third kappa shape index (κ3) is 7.07. The van der Waals surface area contributed by atoms with Gasteiger partial charge >= 0.3 is 0 Å². The van der Waals surface area contributed by atoms with Crippen molar-refractivity contribution in [2.75, 3.05) is 33.2 Å². The van der Waals surface area contributed by atoms with Gasteiger partial charge in [-0.1, -0.05) is 45.2 Å². The van der Waals surface area contributed by atoms with Gasteiger partial charge in [-0.2, -0.15) is 0 Å². The minimum absolute atomic E-state index is 0.127. The second-order valence-corrected chi connectivity index (χ2v) is 12.6. The zero-order chi connectivity index (χ0) is 28.2. The van der Waals surface area contributed by atoms with Gasteiger partial charge in [-0.25, -0.2) is 4.39 Å². The van der Waals surface area contributed by atoms with Crippen LogP contribution in [-0.2, 0) is 20.8 Å². The van der Waals surface area contributed by atoms with Gasteiger partial charge in [0.15, 0.2) is 0 Å². The molecule has 1 aromatic carbocycles. The predicted molar refractivity (Wildman–Crippen MR) is 151 cm³/mol. The molecule has 0 bridgehead atoms. The number of hydrogen-bond donors (Lipinski definition) is 2. The molecule has 2 aliphatic heterocycles. The van der Waals surface area contributed by atoms with Crippen molar-refractivity contribution in [3.8, 4) is 0 Å². The molecular formula is C31H47FN4O3. The zero-order valence-corrected chi connectivity index (χ0v) is 24.2. The Hall–Kier alpha value is -2.32. The van der Waals surface area contributed by atoms with Gasteiger partial charge in [0.2, 0.25) is 11.8 Å². The molecule has 1 unspecified atom stereocenters. The lowest BCUT2D eigenvalue weighted by Gasteiger charge is -2.47. The van der Waals surface area contributed by atoms with E-state index in [0.717, 1.165) is 24.9 Å². The first-order valence-corrected chi connectivity index (χ1v) is 14.9. The first-order valence-electron chi connectivity index (χ1n) is 14.9. The van der Waals surface area contributed by atoms with Crippen LogP contribution in [0.4, 0.5) is 4.39 Å². The molecule has 8 heteroatoms. The number of benzene rings is 1. The Labute approximate surface area is 233 Å². The van der Waals surface area contributed by atoms with Gasteiger partial charge in [-0.15, -0.1) is 0 Å². The van der Waals surface area contributed by atoms with E-state index in [4.69, 9.17) is 0 Å². The van der Waals surface area contributed by atoms with Crippen molar-refractivity contribution in [2.45, 2.75) is 90.3 Å². The van der Waals surface area contributed by atoms with Crippen LogP contribution >= 0.6 is 0 Å². The average Bonchev–Trinajstić information content (AvgIpc) is 2.93. The summed E-state index contributed by atoms with van der Waals surface area (Å²) in [5.41, 5.74) is 0.455. The normalized spacial score (nSPS) is 25.3. The van der Waals surface area contributed by atoms with E-state index in [1.54, 1.807) is 19.1 Å². The van der Waals surface area contributed by atoms with E-state index in [2.05, 4.69) is 29.4 Å². The van der Waals surface area contributed by atoms with Crippen LogP contribution < -0.4 is 10.6 Å². The van der Waals surface area contributed by atoms with Crippen LogP contribution in [0.25, 0.3) is 0 Å². The lowest BCUT2D eigenvalue weighted by molar-refractivity contribution is -0.144. The zero-order valence-electron chi connectivity index (χ0n) is 24.2. The van der Waals surface area contributed by atoms with Crippen molar-refractivity contribution >= 4 is 17.6 Å². The molecule has 2 saturated heterocycles. The first-order chi connectivity index (χ1) is 18.6. The molecule has 4 rings (SSSR count). The quantitative estimate of drug-likeness (QED) is 0.525. The number of piperidine rings is 1. The van der Waals surface area contributed by atoms with Gasteiger partial charge in [0.25, 0.3) is 0 Å². The minimum atomic E-state index is -0.756. The lowest BCUT2D eigenvalue weighted by Crippen LogP contribution is -2.64. The Morgan fingerprint density at radius 3 is 2.28 bits per heavy atom. The number of halogens is 1. The molecule has 2 heterocycles. The Bertz CT molecular complexity index is 1000. The summed E-state index contributed by atoms with van der Waals surface area (Å²) in [6.07, 6.45) is 7.43. The molecule has 1 saturated carbocycles. The van der Waals surface area contributed by atoms with Crippen LogP contribution in [0.3, 0.4) is 0 Å². The highest BCUT2D eigenvalue weighted by Crippen LogP contribution is 2.46. The van der Waals surface area contributed by atoms with Crippen LogP contribution in [0.2, 0.25) is 0 Å². The average molecular weight is 543 g/mol. The number of carbonyl (C=O) groups excluding carboxylic acids is 3. The Morgan fingerprint density at radius 2 is 1.69 bits per heavy atom. The van der Waals surface area contributed by atoms with Crippen LogP contribution in [-0.4, -0.2) is 78.7 Å². The molecule has 0 aromatic heterocycles. The molecule has 216 valence electrons. The smallest absolute Gasteiger partial charge is 0.245 e. The fraction of sp³-hybridized carbons (Fsp3) is 0.710. The number of nitrogens with zero attached hydrogens (tertiary/aromatic N) is 2. The minimum Gasteiger partial charge on any atom is -0.343 e. The molecule has 3 fully saturated rings. The van der Waals surface area contributed by atoms with Crippen molar-refractivity contribution in [2.24, 2.45) is 17.3 Å². The molecule has 1 aliphatic carbocycles. The van der Waals surface area contributed by atoms with E-state index in [0.29, 0.717) is 44.3 Å². The van der Waals surface area contributed by atoms with Crippen molar-refractivity contribution in [1.29, 1.82) is 0 Å². The van der Waals surface area contributed by atoms with E-state index in [-0.39, 0.29) is 41.3 Å². The monoisotopic (exact) mass is 542 g/mol. The molecule has 7 nitrogen and oxygen atoms in total. The standard InChI is InChI=1S/C31H47FN4O3/c1-21(2)27-19-35(4)20-28(33-27)29(38)34-26(18-23-10-12-25(32)13-11-23)30(39)36-16-14-31(15-17-36,22(3)37)24-8-6-5-7-9-24/h10-13,21,24,26-28,33H,5-9,14-20H2,1-4H3,(H,34,38)/t26-,27?,28-/m1/s1. The maximum absolute atomic E-state index is 13.9. The second-order valence-electron chi connectivity index (χ2n) is 12.6. The number of nitrogens with one attached hydrogen (secondary N) is 2. The first kappa shape index (κ1) is 29.7. The van der Waals surface area contributed by atoms with Gasteiger partial charge in [0, 0.05) is 44.1 Å². The third-order valence-corrected chi connectivity index (χ3v) is 9.56. The van der Waals surface area contributed by atoms with Crippen LogP contribution in [0.15, 0.2) is 24.3 Å². The number of likely N-dealkylation sites (N-methyl/N-ethyl adjacent to an activating group) is 1. The summed E-state index contributed by atoms with van der Waals surface area (Å²) in [6, 6.07) is 5.12. The van der Waals surface area contributed by atoms with Crippen LogP contribution in [0.5, 0.6) is 0 Å². The highest BCUT2D eigenvalue weighted by atomic mass is 19.1. The second kappa shape index (κ2) is 12.9. The van der Waals surface area contributed by atoms with E-state index in [9.17, 15) is 18.8 Å². The molecule has 3 atom stereocenters. The molecule has 0 spiro atoms. The SMILES string of the molecule is CC(=O)C1(C2CCCCC2)CCN(C(=O)[C@@H](Cc2ccc(F)cc2)NC(=O)[C@H]2CN(C)CC(C(C)C)N2)CC1. The number of piperazine rings is 1. The number of amides is 2. The van der Waals surface area contributed by atoms with Crippen molar-refractivity contribution in [1.82, 2.24) is 20.4 Å². The lowest BCUT2D eigenvalue weighted by atomic mass is 9.62. The molecule has 2 N–H and O–H groups in total. The number of Topliss-reactive ketones (excluding diaryl/α,β-unsaturated/α-hetero) is 1. The van der Waals surface area contributed by atoms with Crippen molar-refractivity contribution in [3.63, 3.8) is 0 Å². The molecule has 39 heavy (non-hydrogen) atoms. The Kier molecular flexibility index (Phi) is 9.81. The fourth-order valence-electron chi connectivity index (χ4n) is 7.03. The Balaban J connectivity index is 1.48. The van der Waals surface area contributed by atoms with Gasteiger partial charge < -0.3 is 20.4 Å². The van der Waals surface area contributed by atoms with Crippen molar-refractivity contribution in [3.05, 3.63) is 35.6 Å². The third-order valence-electron chi connectivity index (χ3n) is 9.56. The van der Waals surface area contributed by atoms with Gasteiger partial charge in [-0.3, -0.25) is 14.4 Å². The highest BCUT2D eigenvalue weighted by molar-refractivity contribution is 5.90. The summed E-state index contributed by atoms with van der Waals surface area (Å²) in [4.78, 5) is 44.3. The maximum Gasteiger partial charge on any atom is 0.245 e. The topological polar surface area (TPSA) is 81.8 Å². The summed E-state index contributed by atoms with van der Waals surface area (Å²) < 4.78 is 13.6. The van der Waals surface area contributed by atoms with Gasteiger partial charge in [0.1, 0.15) is 17.6 Å². The van der Waals surface area contributed by atoms with E-state index >= 15 is 0 Å². The number of hydrogen-bond acceptors (Lipinski definition) is 5.